The van der Waals surface area contributed by atoms with E-state index in [0.29, 0.717) is 6.42 Å². The highest BCUT2D eigenvalue weighted by molar-refractivity contribution is 6.33. The molecule has 0 amide bonds. The minimum absolute atomic E-state index is 0.0688. The van der Waals surface area contributed by atoms with Crippen LogP contribution in [-0.4, -0.2) is 44.8 Å². The van der Waals surface area contributed by atoms with Crippen LogP contribution >= 0.6 is 0 Å². The maximum Gasteiger partial charge on any atom is 0.372 e. The molecule has 0 saturated carbocycles. The number of benzene rings is 1. The fourth-order valence-electron chi connectivity index (χ4n) is 1.52. The number of carbonyl (C=O) groups excluding carboxylic acids is 2. The highest BCUT2D eigenvalue weighted by Gasteiger charge is 2.11. The van der Waals surface area contributed by atoms with E-state index in [0.717, 1.165) is 5.56 Å². The van der Waals surface area contributed by atoms with E-state index in [4.69, 9.17) is 15.3 Å². The SMILES string of the molecule is O=C(O)C(=O)CCc1ccccc1.O=C(O)CCCC(=O)C(=O)O. The number of aliphatic carboxylic acids is 3. The summed E-state index contributed by atoms with van der Waals surface area (Å²) in [6.07, 6.45) is 0.270. The van der Waals surface area contributed by atoms with E-state index in [1.807, 2.05) is 30.3 Å². The second-order valence-corrected chi connectivity index (χ2v) is 4.69. The van der Waals surface area contributed by atoms with Gasteiger partial charge in [0.15, 0.2) is 0 Å². The summed E-state index contributed by atoms with van der Waals surface area (Å²) in [4.78, 5) is 51.0. The van der Waals surface area contributed by atoms with E-state index in [-0.39, 0.29) is 25.7 Å². The van der Waals surface area contributed by atoms with Crippen LogP contribution in [0.1, 0.15) is 31.2 Å². The van der Waals surface area contributed by atoms with Crippen LogP contribution in [0.4, 0.5) is 0 Å². The monoisotopic (exact) mass is 338 g/mol. The second kappa shape index (κ2) is 11.5. The Labute approximate surface area is 137 Å². The molecule has 8 heteroatoms. The van der Waals surface area contributed by atoms with E-state index < -0.39 is 29.5 Å². The predicted molar refractivity (Wildman–Crippen MR) is 81.5 cm³/mol. The van der Waals surface area contributed by atoms with Crippen molar-refractivity contribution >= 4 is 29.5 Å². The number of Topliss-reactive ketones (excluding diaryl/α,β-unsaturated/α-hetero) is 2. The molecule has 3 N–H and O–H groups in total. The molecule has 0 spiro atoms. The quantitative estimate of drug-likeness (QED) is 0.569. The van der Waals surface area contributed by atoms with Gasteiger partial charge in [-0.25, -0.2) is 9.59 Å². The van der Waals surface area contributed by atoms with Gasteiger partial charge < -0.3 is 15.3 Å². The fraction of sp³-hybridized carbons (Fsp3) is 0.312. The van der Waals surface area contributed by atoms with Crippen molar-refractivity contribution in [2.75, 3.05) is 0 Å². The lowest BCUT2D eigenvalue weighted by Gasteiger charge is -1.97. The van der Waals surface area contributed by atoms with Crippen molar-refractivity contribution in [1.82, 2.24) is 0 Å². The van der Waals surface area contributed by atoms with Crippen molar-refractivity contribution in [3.63, 3.8) is 0 Å². The lowest BCUT2D eigenvalue weighted by Crippen LogP contribution is -2.12. The number of ketones is 2. The smallest absolute Gasteiger partial charge is 0.372 e. The number of carboxylic acid groups (broad SMARTS) is 3. The van der Waals surface area contributed by atoms with Crippen LogP contribution in [0.3, 0.4) is 0 Å². The third-order valence-corrected chi connectivity index (χ3v) is 2.76. The Morgan fingerprint density at radius 1 is 0.708 bits per heavy atom. The molecule has 8 nitrogen and oxygen atoms in total. The van der Waals surface area contributed by atoms with E-state index in [9.17, 15) is 24.0 Å². The summed E-state index contributed by atoms with van der Waals surface area (Å²) in [6, 6.07) is 9.34. The molecule has 0 unspecified atom stereocenters. The molecule has 1 aromatic carbocycles. The average molecular weight is 338 g/mol. The lowest BCUT2D eigenvalue weighted by molar-refractivity contribution is -0.149. The first-order valence-corrected chi connectivity index (χ1v) is 7.02. The summed E-state index contributed by atoms with van der Waals surface area (Å²) < 4.78 is 0. The van der Waals surface area contributed by atoms with Crippen molar-refractivity contribution in [1.29, 1.82) is 0 Å². The van der Waals surface area contributed by atoms with Crippen LogP contribution in [0, 0.1) is 0 Å². The standard InChI is InChI=1S/C10H10O3.C6H8O5/c11-9(10(12)13)7-6-8-4-2-1-3-5-8;7-4(6(10)11)2-1-3-5(8)9/h1-5H,6-7H2,(H,12,13);1-3H2,(H,8,9)(H,10,11). The van der Waals surface area contributed by atoms with Gasteiger partial charge in [-0.2, -0.15) is 0 Å². The molecule has 0 fully saturated rings. The lowest BCUT2D eigenvalue weighted by atomic mass is 10.1. The van der Waals surface area contributed by atoms with Crippen LogP contribution in [0.5, 0.6) is 0 Å². The maximum absolute atomic E-state index is 10.7. The van der Waals surface area contributed by atoms with Gasteiger partial charge in [0.25, 0.3) is 0 Å². The van der Waals surface area contributed by atoms with Gasteiger partial charge in [-0.05, 0) is 18.4 Å². The summed E-state index contributed by atoms with van der Waals surface area (Å²) >= 11 is 0. The first kappa shape index (κ1) is 21.0. The first-order chi connectivity index (χ1) is 11.2. The van der Waals surface area contributed by atoms with E-state index >= 15 is 0 Å². The minimum atomic E-state index is -1.50. The van der Waals surface area contributed by atoms with Crippen molar-refractivity contribution in [3.05, 3.63) is 35.9 Å². The van der Waals surface area contributed by atoms with Gasteiger partial charge in [0.1, 0.15) is 0 Å². The summed E-state index contributed by atoms with van der Waals surface area (Å²) in [5.41, 5.74) is 0.983. The normalized spacial score (nSPS) is 9.33. The zero-order chi connectivity index (χ0) is 18.5. The largest absolute Gasteiger partial charge is 0.481 e. The highest BCUT2D eigenvalue weighted by atomic mass is 16.4. The number of hydrogen-bond acceptors (Lipinski definition) is 5. The first-order valence-electron chi connectivity index (χ1n) is 7.02. The molecule has 1 rings (SSSR count). The molecule has 130 valence electrons. The predicted octanol–water partition coefficient (Wildman–Crippen LogP) is 1.17. The number of hydrogen-bond donors (Lipinski definition) is 3. The number of aryl methyl sites for hydroxylation is 1. The molecule has 0 bridgehead atoms. The molecule has 24 heavy (non-hydrogen) atoms. The Balaban J connectivity index is 0.000000449. The molecule has 0 saturated heterocycles. The molecule has 0 radical (unpaired) electrons. The van der Waals surface area contributed by atoms with Crippen LogP contribution in [0.2, 0.25) is 0 Å². The Bertz CT molecular complexity index is 591. The zero-order valence-electron chi connectivity index (χ0n) is 12.8. The Hall–Kier alpha value is -3.03. The molecule has 0 heterocycles. The molecule has 0 aromatic heterocycles. The molecular weight excluding hydrogens is 320 g/mol. The van der Waals surface area contributed by atoms with Gasteiger partial charge in [0.2, 0.25) is 11.6 Å². The number of rotatable bonds is 9. The second-order valence-electron chi connectivity index (χ2n) is 4.69. The Morgan fingerprint density at radius 3 is 1.67 bits per heavy atom. The highest BCUT2D eigenvalue weighted by Crippen LogP contribution is 2.02. The van der Waals surface area contributed by atoms with Gasteiger partial charge in [-0.15, -0.1) is 0 Å². The molecular formula is C16H18O8. The van der Waals surface area contributed by atoms with Crippen molar-refractivity contribution < 1.29 is 39.3 Å². The third kappa shape index (κ3) is 10.7. The third-order valence-electron chi connectivity index (χ3n) is 2.76. The van der Waals surface area contributed by atoms with Crippen LogP contribution in [0.25, 0.3) is 0 Å². The van der Waals surface area contributed by atoms with Gasteiger partial charge in [-0.1, -0.05) is 30.3 Å². The molecule has 0 aliphatic rings. The van der Waals surface area contributed by atoms with E-state index in [1.54, 1.807) is 0 Å². The summed E-state index contributed by atoms with van der Waals surface area (Å²) in [5.74, 6) is -5.55. The zero-order valence-corrected chi connectivity index (χ0v) is 12.8. The molecule has 0 atom stereocenters. The topological polar surface area (TPSA) is 146 Å². The van der Waals surface area contributed by atoms with Crippen LogP contribution in [0.15, 0.2) is 30.3 Å². The Kier molecular flexibility index (Phi) is 10.1. The molecule has 0 aliphatic heterocycles. The number of carboxylic acids is 3. The maximum atomic E-state index is 10.7. The van der Waals surface area contributed by atoms with Crippen LogP contribution in [-0.2, 0) is 30.4 Å². The Morgan fingerprint density at radius 2 is 1.21 bits per heavy atom. The van der Waals surface area contributed by atoms with Crippen molar-refractivity contribution in [2.24, 2.45) is 0 Å². The summed E-state index contributed by atoms with van der Waals surface area (Å²) in [6.45, 7) is 0. The van der Waals surface area contributed by atoms with Crippen LogP contribution < -0.4 is 0 Å². The van der Waals surface area contributed by atoms with Gasteiger partial charge in [-0.3, -0.25) is 14.4 Å². The molecule has 1 aromatic rings. The molecule has 0 aliphatic carbocycles. The van der Waals surface area contributed by atoms with Crippen molar-refractivity contribution in [3.8, 4) is 0 Å². The van der Waals surface area contributed by atoms with E-state index in [1.165, 1.54) is 0 Å². The van der Waals surface area contributed by atoms with Gasteiger partial charge in [0.05, 0.1) is 0 Å². The fourth-order valence-corrected chi connectivity index (χ4v) is 1.52. The van der Waals surface area contributed by atoms with Crippen molar-refractivity contribution in [2.45, 2.75) is 32.1 Å². The van der Waals surface area contributed by atoms with Gasteiger partial charge >= 0.3 is 17.9 Å². The minimum Gasteiger partial charge on any atom is -0.481 e. The number of carbonyl (C=O) groups is 5. The van der Waals surface area contributed by atoms with Gasteiger partial charge in [0, 0.05) is 19.3 Å². The average Bonchev–Trinajstić information content (AvgIpc) is 2.53. The van der Waals surface area contributed by atoms with E-state index in [2.05, 4.69) is 0 Å². The summed E-state index contributed by atoms with van der Waals surface area (Å²) in [7, 11) is 0. The summed E-state index contributed by atoms with van der Waals surface area (Å²) in [5, 5.41) is 24.5.